The molecule has 5 nitrogen and oxygen atoms in total. The van der Waals surface area contributed by atoms with Crippen molar-refractivity contribution in [2.75, 3.05) is 11.4 Å². The molecule has 0 bridgehead atoms. The molecule has 0 N–H and O–H groups in total. The number of aryl methyl sites for hydroxylation is 1. The molecule has 1 unspecified atom stereocenters. The van der Waals surface area contributed by atoms with Crippen LogP contribution in [0.4, 0.5) is 10.1 Å². The maximum absolute atomic E-state index is 13.1. The number of nitrogens with zero attached hydrogens (tertiary/aromatic N) is 2. The van der Waals surface area contributed by atoms with Crippen LogP contribution in [0.2, 0.25) is 0 Å². The number of carbonyl (C=O) groups is 3. The highest BCUT2D eigenvalue weighted by Crippen LogP contribution is 2.27. The van der Waals surface area contributed by atoms with E-state index >= 15 is 0 Å². The minimum atomic E-state index is -0.922. The number of carbonyl (C=O) groups excluding carboxylic acids is 3. The van der Waals surface area contributed by atoms with Crippen molar-refractivity contribution in [1.82, 2.24) is 4.90 Å². The van der Waals surface area contributed by atoms with Gasteiger partial charge in [0.25, 0.3) is 11.8 Å². The molecule has 2 aromatic carbocycles. The number of anilines is 1. The smallest absolute Gasteiger partial charge is 0.257 e. The highest BCUT2D eigenvalue weighted by Gasteiger charge is 2.44. The van der Waals surface area contributed by atoms with Gasteiger partial charge >= 0.3 is 0 Å². The summed E-state index contributed by atoms with van der Waals surface area (Å²) in [6, 6.07) is 11.2. The molecule has 1 atom stereocenters. The fourth-order valence-corrected chi connectivity index (χ4v) is 3.07. The lowest BCUT2D eigenvalue weighted by Gasteiger charge is -2.26. The molecule has 1 fully saturated rings. The summed E-state index contributed by atoms with van der Waals surface area (Å²) in [4.78, 5) is 40.6. The van der Waals surface area contributed by atoms with E-state index in [1.807, 2.05) is 19.1 Å². The third-order valence-corrected chi connectivity index (χ3v) is 4.47. The predicted molar refractivity (Wildman–Crippen MR) is 99.7 cm³/mol. The van der Waals surface area contributed by atoms with Crippen LogP contribution in [0.1, 0.15) is 22.3 Å². The van der Waals surface area contributed by atoms with Crippen molar-refractivity contribution in [2.24, 2.45) is 0 Å². The van der Waals surface area contributed by atoms with Crippen LogP contribution in [0.5, 0.6) is 0 Å². The number of benzene rings is 2. The predicted octanol–water partition coefficient (Wildman–Crippen LogP) is 3.09. The average Bonchev–Trinajstić information content (AvgIpc) is 2.95. The van der Waals surface area contributed by atoms with Crippen LogP contribution in [0.15, 0.2) is 61.2 Å². The van der Waals surface area contributed by atoms with Crippen molar-refractivity contribution in [3.63, 3.8) is 0 Å². The summed E-state index contributed by atoms with van der Waals surface area (Å²) in [5.41, 5.74) is 1.73. The second-order valence-corrected chi connectivity index (χ2v) is 6.38. The number of imide groups is 1. The minimum Gasteiger partial charge on any atom is -0.322 e. The summed E-state index contributed by atoms with van der Waals surface area (Å²) in [6.45, 7) is 5.69. The third kappa shape index (κ3) is 3.65. The van der Waals surface area contributed by atoms with Gasteiger partial charge in [-0.25, -0.2) is 9.29 Å². The van der Waals surface area contributed by atoms with E-state index in [-0.39, 0.29) is 24.6 Å². The Morgan fingerprint density at radius 3 is 2.41 bits per heavy atom. The molecule has 0 saturated carbocycles. The van der Waals surface area contributed by atoms with Crippen LogP contribution in [0, 0.1) is 12.7 Å². The Bertz CT molecular complexity index is 891. The molecular weight excluding hydrogens is 347 g/mol. The number of amides is 3. The fourth-order valence-electron chi connectivity index (χ4n) is 3.07. The standard InChI is InChI=1S/C21H19FN2O3/c1-3-12-23(20(26)15-6-4-14(2)5-7-15)18-13-19(25)24(21(18)27)17-10-8-16(22)9-11-17/h3-11,18H,1,12-13H2,2H3. The second kappa shape index (κ2) is 7.53. The van der Waals surface area contributed by atoms with Crippen LogP contribution >= 0.6 is 0 Å². The largest absolute Gasteiger partial charge is 0.322 e. The number of halogens is 1. The van der Waals surface area contributed by atoms with Gasteiger partial charge in [-0.05, 0) is 43.3 Å². The van der Waals surface area contributed by atoms with Crippen molar-refractivity contribution in [3.05, 3.63) is 78.1 Å². The Morgan fingerprint density at radius 1 is 1.19 bits per heavy atom. The highest BCUT2D eigenvalue weighted by molar-refractivity contribution is 6.23. The first-order valence-corrected chi connectivity index (χ1v) is 8.53. The van der Waals surface area contributed by atoms with Gasteiger partial charge in [-0.1, -0.05) is 23.8 Å². The maximum Gasteiger partial charge on any atom is 0.257 e. The van der Waals surface area contributed by atoms with E-state index in [0.717, 1.165) is 10.5 Å². The first-order chi connectivity index (χ1) is 12.9. The Balaban J connectivity index is 1.89. The van der Waals surface area contributed by atoms with Crippen molar-refractivity contribution in [1.29, 1.82) is 0 Å². The van der Waals surface area contributed by atoms with E-state index in [2.05, 4.69) is 6.58 Å². The molecule has 1 aliphatic heterocycles. The van der Waals surface area contributed by atoms with Crippen molar-refractivity contribution in [3.8, 4) is 0 Å². The maximum atomic E-state index is 13.1. The average molecular weight is 366 g/mol. The van der Waals surface area contributed by atoms with Crippen LogP contribution in [0.3, 0.4) is 0 Å². The van der Waals surface area contributed by atoms with Gasteiger partial charge in [0.15, 0.2) is 0 Å². The summed E-state index contributed by atoms with van der Waals surface area (Å²) in [5, 5.41) is 0. The summed E-state index contributed by atoms with van der Waals surface area (Å²) in [6.07, 6.45) is 1.39. The SMILES string of the molecule is C=CCN(C(=O)c1ccc(C)cc1)C1CC(=O)N(c2ccc(F)cc2)C1=O. The number of hydrogen-bond donors (Lipinski definition) is 0. The lowest BCUT2D eigenvalue weighted by Crippen LogP contribution is -2.45. The van der Waals surface area contributed by atoms with Gasteiger partial charge < -0.3 is 4.90 Å². The molecule has 0 aliphatic carbocycles. The molecule has 1 saturated heterocycles. The monoisotopic (exact) mass is 366 g/mol. The molecule has 2 aromatic rings. The van der Waals surface area contributed by atoms with Gasteiger partial charge in [-0.15, -0.1) is 6.58 Å². The van der Waals surface area contributed by atoms with Gasteiger partial charge in [-0.3, -0.25) is 14.4 Å². The van der Waals surface area contributed by atoms with Crippen molar-refractivity contribution < 1.29 is 18.8 Å². The molecule has 3 amide bonds. The van der Waals surface area contributed by atoms with E-state index in [1.165, 1.54) is 35.2 Å². The second-order valence-electron chi connectivity index (χ2n) is 6.38. The molecule has 1 heterocycles. The Morgan fingerprint density at radius 2 is 1.81 bits per heavy atom. The van der Waals surface area contributed by atoms with Gasteiger partial charge in [0, 0.05) is 12.1 Å². The van der Waals surface area contributed by atoms with Crippen LogP contribution < -0.4 is 4.90 Å². The topological polar surface area (TPSA) is 57.7 Å². The number of rotatable bonds is 5. The third-order valence-electron chi connectivity index (χ3n) is 4.47. The van der Waals surface area contributed by atoms with Gasteiger partial charge in [-0.2, -0.15) is 0 Å². The summed E-state index contributed by atoms with van der Waals surface area (Å²) >= 11 is 0. The molecule has 3 rings (SSSR count). The zero-order valence-electron chi connectivity index (χ0n) is 14.9. The summed E-state index contributed by atoms with van der Waals surface area (Å²) in [7, 11) is 0. The Kier molecular flexibility index (Phi) is 5.16. The number of hydrogen-bond acceptors (Lipinski definition) is 3. The first-order valence-electron chi connectivity index (χ1n) is 8.53. The molecular formula is C21H19FN2O3. The Labute approximate surface area is 156 Å². The zero-order valence-corrected chi connectivity index (χ0v) is 14.9. The highest BCUT2D eigenvalue weighted by atomic mass is 19.1. The molecule has 27 heavy (non-hydrogen) atoms. The summed E-state index contributed by atoms with van der Waals surface area (Å²) in [5.74, 6) is -1.74. The normalized spacial score (nSPS) is 16.5. The van der Waals surface area contributed by atoms with E-state index in [4.69, 9.17) is 0 Å². The quantitative estimate of drug-likeness (QED) is 0.604. The molecule has 6 heteroatoms. The molecule has 0 spiro atoms. The molecule has 0 radical (unpaired) electrons. The molecule has 0 aromatic heterocycles. The van der Waals surface area contributed by atoms with Gasteiger partial charge in [0.1, 0.15) is 11.9 Å². The Hall–Kier alpha value is -3.28. The van der Waals surface area contributed by atoms with Gasteiger partial charge in [0.05, 0.1) is 12.1 Å². The van der Waals surface area contributed by atoms with Gasteiger partial charge in [0.2, 0.25) is 5.91 Å². The van der Waals surface area contributed by atoms with Crippen LogP contribution in [0.25, 0.3) is 0 Å². The van der Waals surface area contributed by atoms with Crippen molar-refractivity contribution in [2.45, 2.75) is 19.4 Å². The van der Waals surface area contributed by atoms with E-state index in [1.54, 1.807) is 12.1 Å². The van der Waals surface area contributed by atoms with E-state index in [9.17, 15) is 18.8 Å². The van der Waals surface area contributed by atoms with E-state index in [0.29, 0.717) is 5.56 Å². The summed E-state index contributed by atoms with van der Waals surface area (Å²) < 4.78 is 13.1. The zero-order chi connectivity index (χ0) is 19.6. The van der Waals surface area contributed by atoms with Crippen LogP contribution in [-0.4, -0.2) is 35.2 Å². The lowest BCUT2D eigenvalue weighted by atomic mass is 10.1. The molecule has 138 valence electrons. The molecule has 1 aliphatic rings. The van der Waals surface area contributed by atoms with Crippen molar-refractivity contribution >= 4 is 23.4 Å². The minimum absolute atomic E-state index is 0.123. The lowest BCUT2D eigenvalue weighted by molar-refractivity contribution is -0.122. The van der Waals surface area contributed by atoms with E-state index < -0.39 is 23.7 Å². The fraction of sp³-hybridized carbons (Fsp3) is 0.190. The first kappa shape index (κ1) is 18.5. The van der Waals surface area contributed by atoms with Crippen LogP contribution in [-0.2, 0) is 9.59 Å².